The first kappa shape index (κ1) is 24.0. The molecule has 10 heteroatoms. The molecule has 0 saturated carbocycles. The Morgan fingerprint density at radius 3 is 1.18 bits per heavy atom. The lowest BCUT2D eigenvalue weighted by atomic mass is 9.97. The van der Waals surface area contributed by atoms with E-state index in [0.29, 0.717) is 23.0 Å². The highest BCUT2D eigenvalue weighted by atomic mass is 16.6. The van der Waals surface area contributed by atoms with E-state index in [-0.39, 0.29) is 33.4 Å². The van der Waals surface area contributed by atoms with E-state index in [9.17, 15) is 29.4 Å². The maximum absolute atomic E-state index is 11.8. The van der Waals surface area contributed by atoms with E-state index in [1.807, 2.05) is 0 Å². The molecule has 0 aromatic heterocycles. The molecule has 2 N–H and O–H groups in total. The topological polar surface area (TPSA) is 146 Å². The van der Waals surface area contributed by atoms with Crippen molar-refractivity contribution in [3.05, 3.63) is 118 Å². The van der Waals surface area contributed by atoms with Crippen LogP contribution in [0.3, 0.4) is 0 Å². The number of hydrogen-bond donors (Lipinski definition) is 2. The molecule has 2 aliphatic heterocycles. The van der Waals surface area contributed by atoms with E-state index in [2.05, 4.69) is 9.47 Å². The van der Waals surface area contributed by atoms with Crippen molar-refractivity contribution in [1.82, 2.24) is 0 Å². The molecule has 6 rings (SSSR count). The zero-order valence-electron chi connectivity index (χ0n) is 19.7. The molecule has 192 valence electrons. The molecule has 10 nitrogen and oxygen atoms in total. The van der Waals surface area contributed by atoms with E-state index in [1.54, 1.807) is 0 Å². The highest BCUT2D eigenvalue weighted by Gasteiger charge is 2.32. The van der Waals surface area contributed by atoms with Gasteiger partial charge in [-0.05, 0) is 84.9 Å². The average Bonchev–Trinajstić information content (AvgIpc) is 3.37. The third-order valence-electron chi connectivity index (χ3n) is 6.22. The Labute approximate surface area is 219 Å². The molecule has 0 spiro atoms. The molecular weight excluding hydrogens is 508 g/mol. The number of hydrogen-bond acceptors (Lipinski definition) is 10. The van der Waals surface area contributed by atoms with Gasteiger partial charge in [-0.1, -0.05) is 0 Å². The monoisotopic (exact) mass is 524 g/mol. The van der Waals surface area contributed by atoms with Gasteiger partial charge in [-0.15, -0.1) is 0 Å². The third kappa shape index (κ3) is 4.29. The molecular formula is C29H16O10. The Balaban J connectivity index is 1.15. The highest BCUT2D eigenvalue weighted by Crippen LogP contribution is 2.33. The van der Waals surface area contributed by atoms with Crippen molar-refractivity contribution in [3.8, 4) is 23.0 Å². The molecule has 2 aliphatic rings. The van der Waals surface area contributed by atoms with E-state index < -0.39 is 29.7 Å². The van der Waals surface area contributed by atoms with E-state index in [1.165, 1.54) is 84.9 Å². The van der Waals surface area contributed by atoms with Crippen molar-refractivity contribution in [2.24, 2.45) is 0 Å². The van der Waals surface area contributed by atoms with Gasteiger partial charge in [-0.25, -0.2) is 19.2 Å². The van der Waals surface area contributed by atoms with Crippen molar-refractivity contribution in [2.45, 2.75) is 5.79 Å². The zero-order chi connectivity index (χ0) is 27.3. The maximum Gasteiger partial charge on any atom is 0.347 e. The van der Waals surface area contributed by atoms with Crippen LogP contribution in [0.5, 0.6) is 23.0 Å². The molecule has 0 fully saturated rings. The van der Waals surface area contributed by atoms with Gasteiger partial charge in [0.05, 0.1) is 22.3 Å². The minimum absolute atomic E-state index is 0.111. The summed E-state index contributed by atoms with van der Waals surface area (Å²) in [6, 6.07) is 20.7. The first-order valence-corrected chi connectivity index (χ1v) is 11.5. The van der Waals surface area contributed by atoms with Gasteiger partial charge < -0.3 is 29.2 Å². The van der Waals surface area contributed by atoms with Gasteiger partial charge in [0.2, 0.25) is 5.79 Å². The number of cyclic esters (lactones) is 4. The molecule has 0 radical (unpaired) electrons. The molecule has 2 heterocycles. The van der Waals surface area contributed by atoms with Crippen LogP contribution in [0.25, 0.3) is 0 Å². The normalized spacial score (nSPS) is 14.0. The van der Waals surface area contributed by atoms with Crippen LogP contribution >= 0.6 is 0 Å². The van der Waals surface area contributed by atoms with E-state index in [0.717, 1.165) is 0 Å². The summed E-state index contributed by atoms with van der Waals surface area (Å²) >= 11 is 0. The first-order valence-electron chi connectivity index (χ1n) is 11.5. The quantitative estimate of drug-likeness (QED) is 0.215. The number of rotatable bonds is 6. The second-order valence-electron chi connectivity index (χ2n) is 8.69. The number of aliphatic hydroxyl groups is 2. The average molecular weight is 524 g/mol. The third-order valence-corrected chi connectivity index (χ3v) is 6.22. The SMILES string of the molecule is O=C1OC(=O)c2cc(Oc3ccc(C(O)(O)c4ccc(Oc5ccc6c(c5)C(=O)OC6=O)cc4)cc3)ccc21. The van der Waals surface area contributed by atoms with Crippen molar-refractivity contribution in [3.63, 3.8) is 0 Å². The summed E-state index contributed by atoms with van der Waals surface area (Å²) in [6.07, 6.45) is 0. The molecule has 4 aromatic carbocycles. The molecule has 0 bridgehead atoms. The number of esters is 4. The van der Waals surface area contributed by atoms with Crippen LogP contribution in [0, 0.1) is 0 Å². The van der Waals surface area contributed by atoms with E-state index in [4.69, 9.17) is 9.47 Å². The molecule has 39 heavy (non-hydrogen) atoms. The summed E-state index contributed by atoms with van der Waals surface area (Å²) in [5, 5.41) is 21.7. The predicted octanol–water partition coefficient (Wildman–Crippen LogP) is 4.08. The van der Waals surface area contributed by atoms with Crippen molar-refractivity contribution in [1.29, 1.82) is 0 Å². The van der Waals surface area contributed by atoms with Gasteiger partial charge in [0.15, 0.2) is 0 Å². The van der Waals surface area contributed by atoms with Gasteiger partial charge in [-0.3, -0.25) is 0 Å². The van der Waals surface area contributed by atoms with Crippen molar-refractivity contribution >= 4 is 23.9 Å². The molecule has 0 amide bonds. The lowest BCUT2D eigenvalue weighted by molar-refractivity contribution is -0.132. The summed E-state index contributed by atoms with van der Waals surface area (Å²) in [4.78, 5) is 46.7. The van der Waals surface area contributed by atoms with Crippen LogP contribution in [-0.2, 0) is 15.3 Å². The largest absolute Gasteiger partial charge is 0.457 e. The predicted molar refractivity (Wildman–Crippen MR) is 131 cm³/mol. The number of fused-ring (bicyclic) bond motifs is 2. The Hall–Kier alpha value is -5.32. The van der Waals surface area contributed by atoms with Gasteiger partial charge in [0.1, 0.15) is 23.0 Å². The fourth-order valence-electron chi connectivity index (χ4n) is 4.21. The van der Waals surface area contributed by atoms with Gasteiger partial charge in [0.25, 0.3) is 0 Å². The van der Waals surface area contributed by atoms with Crippen molar-refractivity contribution < 1.29 is 48.3 Å². The summed E-state index contributed by atoms with van der Waals surface area (Å²) in [7, 11) is 0. The Morgan fingerprint density at radius 2 is 0.795 bits per heavy atom. The standard InChI is InChI=1S/C29H16O10/c30-25-21-11-9-19(13-23(21)27(32)38-25)36-17-5-1-15(2-6-17)29(34,35)16-3-7-18(8-4-16)37-20-10-12-22-24(14-20)28(33)39-26(22)31/h1-14,34-35H. The number of carbonyl (C=O) groups excluding carboxylic acids is 4. The van der Waals surface area contributed by atoms with Crippen LogP contribution in [0.1, 0.15) is 52.6 Å². The summed E-state index contributed by atoms with van der Waals surface area (Å²) in [5.41, 5.74) is 0.873. The summed E-state index contributed by atoms with van der Waals surface area (Å²) in [5.74, 6) is -3.93. The molecule has 0 saturated heterocycles. The molecule has 0 aliphatic carbocycles. The zero-order valence-corrected chi connectivity index (χ0v) is 19.7. The molecule has 4 aromatic rings. The fourth-order valence-corrected chi connectivity index (χ4v) is 4.21. The second kappa shape index (κ2) is 8.91. The second-order valence-corrected chi connectivity index (χ2v) is 8.69. The van der Waals surface area contributed by atoms with Crippen LogP contribution < -0.4 is 9.47 Å². The van der Waals surface area contributed by atoms with Crippen LogP contribution in [0.4, 0.5) is 0 Å². The van der Waals surface area contributed by atoms with Gasteiger partial charge >= 0.3 is 23.9 Å². The number of carbonyl (C=O) groups is 4. The van der Waals surface area contributed by atoms with Gasteiger partial charge in [-0.2, -0.15) is 0 Å². The minimum atomic E-state index is -2.34. The fraction of sp³-hybridized carbons (Fsp3) is 0.0345. The van der Waals surface area contributed by atoms with Crippen LogP contribution in [0.2, 0.25) is 0 Å². The summed E-state index contributed by atoms with van der Waals surface area (Å²) in [6.45, 7) is 0. The van der Waals surface area contributed by atoms with Gasteiger partial charge in [0, 0.05) is 11.1 Å². The lowest BCUT2D eigenvalue weighted by Gasteiger charge is -2.23. The minimum Gasteiger partial charge on any atom is -0.457 e. The molecule has 0 unspecified atom stereocenters. The highest BCUT2D eigenvalue weighted by molar-refractivity contribution is 6.15. The lowest BCUT2D eigenvalue weighted by Crippen LogP contribution is -2.26. The molecule has 0 atom stereocenters. The van der Waals surface area contributed by atoms with E-state index >= 15 is 0 Å². The van der Waals surface area contributed by atoms with Crippen molar-refractivity contribution in [2.75, 3.05) is 0 Å². The van der Waals surface area contributed by atoms with Crippen LogP contribution in [0.15, 0.2) is 84.9 Å². The summed E-state index contributed by atoms with van der Waals surface area (Å²) < 4.78 is 20.6. The Bertz CT molecular complexity index is 1560. The van der Waals surface area contributed by atoms with Crippen LogP contribution in [-0.4, -0.2) is 34.1 Å². The first-order chi connectivity index (χ1) is 18.7. The Morgan fingerprint density at radius 1 is 0.462 bits per heavy atom. The smallest absolute Gasteiger partial charge is 0.347 e. The Kier molecular flexibility index (Phi) is 5.49. The number of ether oxygens (including phenoxy) is 4. The number of benzene rings is 4. The maximum atomic E-state index is 11.8.